The Morgan fingerprint density at radius 3 is 2.64 bits per heavy atom. The number of anilines is 1. The average Bonchev–Trinajstić information content (AvgIpc) is 2.16. The fourth-order valence-corrected chi connectivity index (χ4v) is 0.891. The van der Waals surface area contributed by atoms with Gasteiger partial charge in [-0.15, -0.1) is 0 Å². The zero-order valence-electron chi connectivity index (χ0n) is 8.00. The molecule has 0 bridgehead atoms. The highest BCUT2D eigenvalue weighted by Crippen LogP contribution is 2.04. The van der Waals surface area contributed by atoms with Gasteiger partial charge in [0.1, 0.15) is 5.82 Å². The van der Waals surface area contributed by atoms with E-state index in [1.807, 2.05) is 6.92 Å². The van der Waals surface area contributed by atoms with Gasteiger partial charge in [0, 0.05) is 13.2 Å². The summed E-state index contributed by atoms with van der Waals surface area (Å²) in [7, 11) is 1.39. The molecule has 5 nitrogen and oxygen atoms in total. The van der Waals surface area contributed by atoms with Crippen molar-refractivity contribution in [3.05, 3.63) is 23.9 Å². The molecule has 0 radical (unpaired) electrons. The number of rotatable bonds is 1. The summed E-state index contributed by atoms with van der Waals surface area (Å²) in [6.07, 6.45) is 1.56. The normalized spacial score (nSPS) is 9.29. The molecule has 1 aromatic heterocycles. The van der Waals surface area contributed by atoms with Gasteiger partial charge in [0.05, 0.1) is 0 Å². The van der Waals surface area contributed by atoms with Gasteiger partial charge in [-0.05, 0) is 24.6 Å². The van der Waals surface area contributed by atoms with Crippen molar-refractivity contribution in [2.24, 2.45) is 0 Å². The van der Waals surface area contributed by atoms with Crippen LogP contribution in [0.1, 0.15) is 5.56 Å². The summed E-state index contributed by atoms with van der Waals surface area (Å²) in [6.45, 7) is 1.87. The first-order valence-electron chi connectivity index (χ1n) is 4.09. The van der Waals surface area contributed by atoms with Crippen LogP contribution in [-0.2, 0) is 9.59 Å². The Hall–Kier alpha value is -1.91. The number of likely N-dealkylation sites (N-methyl/N-ethyl adjacent to an activating group) is 1. The van der Waals surface area contributed by atoms with E-state index in [0.717, 1.165) is 5.56 Å². The van der Waals surface area contributed by atoms with E-state index in [-0.39, 0.29) is 0 Å². The van der Waals surface area contributed by atoms with Crippen molar-refractivity contribution < 1.29 is 9.59 Å². The van der Waals surface area contributed by atoms with Crippen LogP contribution in [-0.4, -0.2) is 23.8 Å². The maximum atomic E-state index is 11.1. The smallest absolute Gasteiger partial charge is 0.314 e. The van der Waals surface area contributed by atoms with Gasteiger partial charge in [0.15, 0.2) is 0 Å². The number of aromatic nitrogens is 1. The van der Waals surface area contributed by atoms with Crippen molar-refractivity contribution in [2.75, 3.05) is 12.4 Å². The van der Waals surface area contributed by atoms with Gasteiger partial charge >= 0.3 is 11.8 Å². The summed E-state index contributed by atoms with van der Waals surface area (Å²) < 4.78 is 0. The van der Waals surface area contributed by atoms with Crippen LogP contribution in [0.25, 0.3) is 0 Å². The van der Waals surface area contributed by atoms with Gasteiger partial charge in [0.2, 0.25) is 0 Å². The third-order valence-electron chi connectivity index (χ3n) is 1.59. The third-order valence-corrected chi connectivity index (χ3v) is 1.59. The molecule has 0 saturated carbocycles. The van der Waals surface area contributed by atoms with Gasteiger partial charge in [-0.3, -0.25) is 9.59 Å². The molecule has 0 aliphatic heterocycles. The number of nitrogens with zero attached hydrogens (tertiary/aromatic N) is 1. The Kier molecular flexibility index (Phi) is 3.17. The first kappa shape index (κ1) is 10.2. The second kappa shape index (κ2) is 4.36. The lowest BCUT2D eigenvalue weighted by Gasteiger charge is -2.02. The second-order valence-electron chi connectivity index (χ2n) is 2.75. The molecule has 5 heteroatoms. The maximum absolute atomic E-state index is 11.1. The number of hydrogen-bond acceptors (Lipinski definition) is 3. The maximum Gasteiger partial charge on any atom is 0.314 e. The van der Waals surface area contributed by atoms with Crippen LogP contribution < -0.4 is 10.6 Å². The topological polar surface area (TPSA) is 71.1 Å². The van der Waals surface area contributed by atoms with Crippen LogP contribution in [0.5, 0.6) is 0 Å². The van der Waals surface area contributed by atoms with Crippen LogP contribution in [0.2, 0.25) is 0 Å². The monoisotopic (exact) mass is 193 g/mol. The lowest BCUT2D eigenvalue weighted by molar-refractivity contribution is -0.135. The molecule has 2 N–H and O–H groups in total. The van der Waals surface area contributed by atoms with E-state index in [2.05, 4.69) is 15.6 Å². The molecule has 0 aliphatic rings. The minimum Gasteiger partial charge on any atom is -0.351 e. The molecule has 0 saturated heterocycles. The number of nitrogens with one attached hydrogen (secondary N) is 2. The summed E-state index contributed by atoms with van der Waals surface area (Å²) in [6, 6.07) is 3.48. The first-order valence-corrected chi connectivity index (χ1v) is 4.09. The van der Waals surface area contributed by atoms with Crippen LogP contribution in [0.4, 0.5) is 5.82 Å². The van der Waals surface area contributed by atoms with E-state index < -0.39 is 11.8 Å². The van der Waals surface area contributed by atoms with E-state index in [4.69, 9.17) is 0 Å². The Bertz CT molecular complexity index is 363. The number of pyridine rings is 1. The number of carbonyl (C=O) groups is 2. The Balaban J connectivity index is 2.70. The number of hydrogen-bond donors (Lipinski definition) is 2. The third kappa shape index (κ3) is 2.55. The van der Waals surface area contributed by atoms with Crippen molar-refractivity contribution >= 4 is 17.6 Å². The molecular weight excluding hydrogens is 182 g/mol. The van der Waals surface area contributed by atoms with Crippen LogP contribution >= 0.6 is 0 Å². The Morgan fingerprint density at radius 2 is 2.07 bits per heavy atom. The molecule has 0 spiro atoms. The highest BCUT2D eigenvalue weighted by molar-refractivity contribution is 6.39. The molecule has 0 aromatic carbocycles. The van der Waals surface area contributed by atoms with Gasteiger partial charge < -0.3 is 10.6 Å². The standard InChI is InChI=1S/C9H11N3O2/c1-6-3-4-11-7(5-6)12-9(14)8(13)10-2/h3-5H,1-2H3,(H,10,13)(H,11,12,14). The molecule has 0 atom stereocenters. The zero-order valence-corrected chi connectivity index (χ0v) is 8.00. The molecule has 1 aromatic rings. The van der Waals surface area contributed by atoms with Crippen LogP contribution in [0.15, 0.2) is 18.3 Å². The van der Waals surface area contributed by atoms with Crippen molar-refractivity contribution in [3.63, 3.8) is 0 Å². The van der Waals surface area contributed by atoms with E-state index >= 15 is 0 Å². The molecule has 74 valence electrons. The van der Waals surface area contributed by atoms with Crippen molar-refractivity contribution in [3.8, 4) is 0 Å². The van der Waals surface area contributed by atoms with Crippen molar-refractivity contribution in [1.82, 2.24) is 10.3 Å². The molecule has 0 fully saturated rings. The van der Waals surface area contributed by atoms with E-state index in [1.54, 1.807) is 18.3 Å². The summed E-state index contributed by atoms with van der Waals surface area (Å²) >= 11 is 0. The summed E-state index contributed by atoms with van der Waals surface area (Å²) in [5.41, 5.74) is 0.965. The number of aryl methyl sites for hydroxylation is 1. The number of carbonyl (C=O) groups excluding carboxylic acids is 2. The SMILES string of the molecule is CNC(=O)C(=O)Nc1cc(C)ccn1. The van der Waals surface area contributed by atoms with Gasteiger partial charge in [-0.1, -0.05) is 0 Å². The fraction of sp³-hybridized carbons (Fsp3) is 0.222. The fourth-order valence-electron chi connectivity index (χ4n) is 0.891. The largest absolute Gasteiger partial charge is 0.351 e. The predicted molar refractivity (Wildman–Crippen MR) is 51.7 cm³/mol. The highest BCUT2D eigenvalue weighted by Gasteiger charge is 2.11. The van der Waals surface area contributed by atoms with Crippen LogP contribution in [0.3, 0.4) is 0 Å². The predicted octanol–water partition coefficient (Wildman–Crippen LogP) is 0.0745. The lowest BCUT2D eigenvalue weighted by Crippen LogP contribution is -2.32. The first-order chi connectivity index (χ1) is 6.63. The van der Waals surface area contributed by atoms with Crippen molar-refractivity contribution in [2.45, 2.75) is 6.92 Å². The van der Waals surface area contributed by atoms with E-state index in [0.29, 0.717) is 5.82 Å². The molecule has 0 aliphatic carbocycles. The van der Waals surface area contributed by atoms with Crippen molar-refractivity contribution in [1.29, 1.82) is 0 Å². The summed E-state index contributed by atoms with van der Waals surface area (Å²) in [4.78, 5) is 25.8. The minimum atomic E-state index is -0.717. The molecule has 0 unspecified atom stereocenters. The lowest BCUT2D eigenvalue weighted by atomic mass is 10.3. The molecular formula is C9H11N3O2. The molecule has 14 heavy (non-hydrogen) atoms. The summed E-state index contributed by atoms with van der Waals surface area (Å²) in [5.74, 6) is -1.03. The second-order valence-corrected chi connectivity index (χ2v) is 2.75. The molecule has 1 heterocycles. The van der Waals surface area contributed by atoms with Gasteiger partial charge in [-0.25, -0.2) is 4.98 Å². The minimum absolute atomic E-state index is 0.374. The zero-order chi connectivity index (χ0) is 10.6. The highest BCUT2D eigenvalue weighted by atomic mass is 16.2. The quantitative estimate of drug-likeness (QED) is 0.620. The molecule has 2 amide bonds. The van der Waals surface area contributed by atoms with Gasteiger partial charge in [0.25, 0.3) is 0 Å². The molecule has 1 rings (SSSR count). The van der Waals surface area contributed by atoms with Crippen LogP contribution in [0, 0.1) is 6.92 Å². The number of amides is 2. The Labute approximate surface area is 81.5 Å². The van der Waals surface area contributed by atoms with E-state index in [1.165, 1.54) is 7.05 Å². The Morgan fingerprint density at radius 1 is 1.36 bits per heavy atom. The van der Waals surface area contributed by atoms with E-state index in [9.17, 15) is 9.59 Å². The average molecular weight is 193 g/mol. The van der Waals surface area contributed by atoms with Gasteiger partial charge in [-0.2, -0.15) is 0 Å². The summed E-state index contributed by atoms with van der Waals surface area (Å²) in [5, 5.41) is 4.59.